The molecule has 24 heavy (non-hydrogen) atoms. The van der Waals surface area contributed by atoms with Gasteiger partial charge in [0.05, 0.1) is 17.3 Å². The second-order valence-electron chi connectivity index (χ2n) is 4.74. The first-order valence-electron chi connectivity index (χ1n) is 6.78. The Labute approximate surface area is 144 Å². The molecule has 0 radical (unpaired) electrons. The quantitative estimate of drug-likeness (QED) is 0.564. The third-order valence-corrected chi connectivity index (χ3v) is 3.79. The second-order valence-corrected chi connectivity index (χ2v) is 5.60. The second kappa shape index (κ2) is 7.68. The van der Waals surface area contributed by atoms with Crippen LogP contribution in [0.3, 0.4) is 0 Å². The van der Waals surface area contributed by atoms with Crippen LogP contribution >= 0.6 is 15.9 Å². The number of hydrogen-bond acceptors (Lipinski definition) is 6. The summed E-state index contributed by atoms with van der Waals surface area (Å²) in [6, 6.07) is 7.07. The van der Waals surface area contributed by atoms with Gasteiger partial charge in [-0.25, -0.2) is 0 Å². The van der Waals surface area contributed by atoms with Gasteiger partial charge >= 0.3 is 17.1 Å². The summed E-state index contributed by atoms with van der Waals surface area (Å²) in [4.78, 5) is 38.9. The van der Waals surface area contributed by atoms with Gasteiger partial charge in [-0.1, -0.05) is 34.1 Å². The number of aromatic amines is 1. The van der Waals surface area contributed by atoms with Crippen LogP contribution in [0.25, 0.3) is 0 Å². The Kier molecular flexibility index (Phi) is 5.64. The van der Waals surface area contributed by atoms with Crippen LogP contribution in [0, 0.1) is 10.1 Å². The first-order valence-corrected chi connectivity index (χ1v) is 7.58. The molecular weight excluding hydrogens is 384 g/mol. The fraction of sp³-hybridized carbons (Fsp3) is 0.214. The smallest absolute Gasteiger partial charge is 0.395 e. The summed E-state index contributed by atoms with van der Waals surface area (Å²) >= 11 is 3.39. The number of aromatic nitrogens is 2. The molecule has 2 rings (SSSR count). The standard InChI is InChI=1S/C14H13BrN4O5/c1-8(9-4-2-3-5-10(9)15)18-11(20)6-24-14-12(19(22)23)13(21)16-7-17-14/h2-5,7-8H,6H2,1H3,(H,18,20)(H,16,17,21)/t8-/m1/s1. The molecular formula is C14H13BrN4O5. The number of nitrogens with one attached hydrogen (secondary N) is 2. The number of nitrogens with zero attached hydrogens (tertiary/aromatic N) is 2. The van der Waals surface area contributed by atoms with Crippen molar-refractivity contribution >= 4 is 27.5 Å². The summed E-state index contributed by atoms with van der Waals surface area (Å²) in [6.07, 6.45) is 0.965. The predicted molar refractivity (Wildman–Crippen MR) is 87.7 cm³/mol. The Morgan fingerprint density at radius 1 is 1.50 bits per heavy atom. The minimum atomic E-state index is -0.952. The zero-order chi connectivity index (χ0) is 17.7. The maximum atomic E-state index is 11.9. The molecule has 9 nitrogen and oxygen atoms in total. The van der Waals surface area contributed by atoms with Gasteiger partial charge in [0.2, 0.25) is 0 Å². The van der Waals surface area contributed by atoms with Crippen molar-refractivity contribution in [1.82, 2.24) is 15.3 Å². The minimum absolute atomic E-state index is 0.307. The number of H-pyrrole nitrogens is 1. The van der Waals surface area contributed by atoms with Gasteiger partial charge in [0, 0.05) is 4.47 Å². The Morgan fingerprint density at radius 3 is 2.88 bits per heavy atom. The topological polar surface area (TPSA) is 127 Å². The van der Waals surface area contributed by atoms with Crippen molar-refractivity contribution in [3.63, 3.8) is 0 Å². The van der Waals surface area contributed by atoms with E-state index in [2.05, 4.69) is 31.2 Å². The van der Waals surface area contributed by atoms with Gasteiger partial charge in [0.25, 0.3) is 5.91 Å². The molecule has 10 heteroatoms. The van der Waals surface area contributed by atoms with Crippen molar-refractivity contribution in [1.29, 1.82) is 0 Å². The molecule has 1 aromatic heterocycles. The summed E-state index contributed by atoms with van der Waals surface area (Å²) in [7, 11) is 0. The predicted octanol–water partition coefficient (Wildman–Crippen LogP) is 1.70. The van der Waals surface area contributed by atoms with Crippen LogP contribution in [0.15, 0.2) is 39.9 Å². The number of halogens is 1. The van der Waals surface area contributed by atoms with Crippen LogP contribution in [0.1, 0.15) is 18.5 Å². The number of carbonyl (C=O) groups excluding carboxylic acids is 1. The van der Waals surface area contributed by atoms with Crippen LogP contribution in [0.5, 0.6) is 5.88 Å². The van der Waals surface area contributed by atoms with Gasteiger partial charge in [-0.05, 0) is 18.6 Å². The Balaban J connectivity index is 2.02. The average Bonchev–Trinajstić information content (AvgIpc) is 2.52. The minimum Gasteiger partial charge on any atom is -0.463 e. The molecule has 0 unspecified atom stereocenters. The van der Waals surface area contributed by atoms with Crippen molar-refractivity contribution < 1.29 is 14.5 Å². The van der Waals surface area contributed by atoms with Gasteiger partial charge in [-0.2, -0.15) is 4.98 Å². The number of hydrogen-bond donors (Lipinski definition) is 2. The van der Waals surface area contributed by atoms with Crippen molar-refractivity contribution in [2.24, 2.45) is 0 Å². The summed E-state index contributed by atoms with van der Waals surface area (Å²) in [6.45, 7) is 1.28. The van der Waals surface area contributed by atoms with E-state index in [1.54, 1.807) is 6.92 Å². The number of ether oxygens (including phenoxy) is 1. The highest BCUT2D eigenvalue weighted by molar-refractivity contribution is 9.10. The maximum Gasteiger partial charge on any atom is 0.395 e. The zero-order valence-electron chi connectivity index (χ0n) is 12.5. The molecule has 0 saturated carbocycles. The van der Waals surface area contributed by atoms with Crippen LogP contribution in [0.2, 0.25) is 0 Å². The number of rotatable bonds is 6. The van der Waals surface area contributed by atoms with E-state index < -0.39 is 34.6 Å². The lowest BCUT2D eigenvalue weighted by Gasteiger charge is -2.15. The maximum absolute atomic E-state index is 11.9. The molecule has 0 saturated heterocycles. The highest BCUT2D eigenvalue weighted by atomic mass is 79.9. The fourth-order valence-electron chi connectivity index (χ4n) is 1.96. The van der Waals surface area contributed by atoms with Crippen LogP contribution in [-0.2, 0) is 4.79 Å². The summed E-state index contributed by atoms with van der Waals surface area (Å²) in [5.74, 6) is -1.01. The molecule has 126 valence electrons. The third kappa shape index (κ3) is 4.16. The Morgan fingerprint density at radius 2 is 2.21 bits per heavy atom. The van der Waals surface area contributed by atoms with Crippen LogP contribution in [0.4, 0.5) is 5.69 Å². The van der Waals surface area contributed by atoms with E-state index in [1.807, 2.05) is 24.3 Å². The van der Waals surface area contributed by atoms with Crippen molar-refractivity contribution in [2.75, 3.05) is 6.61 Å². The van der Waals surface area contributed by atoms with Gasteiger partial charge in [0.15, 0.2) is 6.61 Å². The lowest BCUT2D eigenvalue weighted by atomic mass is 10.1. The van der Waals surface area contributed by atoms with Crippen LogP contribution in [-0.4, -0.2) is 27.4 Å². The average molecular weight is 397 g/mol. The number of amides is 1. The van der Waals surface area contributed by atoms with E-state index in [4.69, 9.17) is 4.74 Å². The molecule has 1 atom stereocenters. The molecule has 1 heterocycles. The molecule has 1 amide bonds. The molecule has 2 aromatic rings. The van der Waals surface area contributed by atoms with Gasteiger partial charge in [-0.3, -0.25) is 19.7 Å². The number of benzene rings is 1. The van der Waals surface area contributed by atoms with Crippen molar-refractivity contribution in [3.05, 3.63) is 61.1 Å². The summed E-state index contributed by atoms with van der Waals surface area (Å²) in [5.41, 5.74) is -0.928. The lowest BCUT2D eigenvalue weighted by molar-refractivity contribution is -0.387. The van der Waals surface area contributed by atoms with E-state index in [0.29, 0.717) is 0 Å². The molecule has 0 aliphatic carbocycles. The van der Waals surface area contributed by atoms with E-state index in [9.17, 15) is 19.7 Å². The number of carbonyl (C=O) groups is 1. The van der Waals surface area contributed by atoms with Crippen molar-refractivity contribution in [3.8, 4) is 5.88 Å². The van der Waals surface area contributed by atoms with Gasteiger partial charge in [-0.15, -0.1) is 0 Å². The number of nitro groups is 1. The molecule has 2 N–H and O–H groups in total. The van der Waals surface area contributed by atoms with E-state index >= 15 is 0 Å². The molecule has 0 bridgehead atoms. The first kappa shape index (κ1) is 17.6. The first-order chi connectivity index (χ1) is 11.4. The highest BCUT2D eigenvalue weighted by Crippen LogP contribution is 2.22. The van der Waals surface area contributed by atoms with E-state index in [-0.39, 0.29) is 6.04 Å². The van der Waals surface area contributed by atoms with Gasteiger partial charge < -0.3 is 15.0 Å². The summed E-state index contributed by atoms with van der Waals surface area (Å²) in [5, 5.41) is 13.5. The molecule has 0 aliphatic rings. The lowest BCUT2D eigenvalue weighted by Crippen LogP contribution is -2.32. The molecule has 0 spiro atoms. The van der Waals surface area contributed by atoms with E-state index in [1.165, 1.54) is 0 Å². The zero-order valence-corrected chi connectivity index (χ0v) is 14.1. The van der Waals surface area contributed by atoms with Crippen molar-refractivity contribution in [2.45, 2.75) is 13.0 Å². The Hall–Kier alpha value is -2.75. The largest absolute Gasteiger partial charge is 0.463 e. The monoisotopic (exact) mass is 396 g/mol. The Bertz CT molecular complexity index is 823. The third-order valence-electron chi connectivity index (χ3n) is 3.07. The van der Waals surface area contributed by atoms with Crippen LogP contribution < -0.4 is 15.6 Å². The molecule has 1 aromatic carbocycles. The highest BCUT2D eigenvalue weighted by Gasteiger charge is 2.23. The fourth-order valence-corrected chi connectivity index (χ4v) is 2.59. The summed E-state index contributed by atoms with van der Waals surface area (Å²) < 4.78 is 5.85. The van der Waals surface area contributed by atoms with E-state index in [0.717, 1.165) is 16.4 Å². The molecule has 0 aliphatic heterocycles. The normalized spacial score (nSPS) is 11.6. The SMILES string of the molecule is C[C@@H](NC(=O)COc1nc[nH]c(=O)c1[N+](=O)[O-])c1ccccc1Br. The van der Waals surface area contributed by atoms with Gasteiger partial charge in [0.1, 0.15) is 0 Å². The molecule has 0 fully saturated rings.